The average Bonchev–Trinajstić information content (AvgIpc) is 2.96. The molecule has 0 radical (unpaired) electrons. The van der Waals surface area contributed by atoms with Gasteiger partial charge in [-0.1, -0.05) is 24.3 Å². The fourth-order valence-electron chi connectivity index (χ4n) is 2.33. The van der Waals surface area contributed by atoms with Gasteiger partial charge in [0.15, 0.2) is 0 Å². The maximum absolute atomic E-state index is 12.1. The van der Waals surface area contributed by atoms with Gasteiger partial charge in [0.2, 0.25) is 5.95 Å². The van der Waals surface area contributed by atoms with E-state index in [-0.39, 0.29) is 12.4 Å². The molecule has 0 amide bonds. The van der Waals surface area contributed by atoms with E-state index >= 15 is 0 Å². The Labute approximate surface area is 159 Å². The molecule has 2 aromatic carbocycles. The summed E-state index contributed by atoms with van der Waals surface area (Å²) in [6.07, 6.45) is -1.34. The van der Waals surface area contributed by atoms with E-state index < -0.39 is 6.36 Å². The van der Waals surface area contributed by atoms with Crippen LogP contribution in [0.1, 0.15) is 16.8 Å². The third-order valence-corrected chi connectivity index (χ3v) is 3.61. The SMILES string of the molecule is Cc1cn(N=Cc2ccc(COc3ccc(OC(F)(F)F)cc3)cc2)c(N)n1. The molecule has 9 heteroatoms. The molecule has 0 aliphatic rings. The van der Waals surface area contributed by atoms with Crippen LogP contribution in [0.5, 0.6) is 11.5 Å². The zero-order valence-electron chi connectivity index (χ0n) is 14.8. The van der Waals surface area contributed by atoms with E-state index in [0.717, 1.165) is 16.8 Å². The second-order valence-corrected chi connectivity index (χ2v) is 5.88. The standard InChI is InChI=1S/C19H17F3N4O2/c1-13-11-26(18(23)25-13)24-10-14-2-4-15(5-3-14)12-27-16-6-8-17(9-7-16)28-19(20,21)22/h2-11H,12H2,1H3,(H2,23,25). The van der Waals surface area contributed by atoms with Crippen molar-refractivity contribution in [2.45, 2.75) is 19.9 Å². The molecule has 0 spiro atoms. The summed E-state index contributed by atoms with van der Waals surface area (Å²) in [6.45, 7) is 2.10. The normalized spacial score (nSPS) is 11.7. The minimum Gasteiger partial charge on any atom is -0.489 e. The topological polar surface area (TPSA) is 74.7 Å². The molecular formula is C19H17F3N4O2. The molecule has 28 heavy (non-hydrogen) atoms. The molecule has 3 rings (SSSR count). The Hall–Kier alpha value is -3.49. The maximum atomic E-state index is 12.1. The van der Waals surface area contributed by atoms with E-state index in [4.69, 9.17) is 10.5 Å². The van der Waals surface area contributed by atoms with Crippen molar-refractivity contribution in [2.75, 3.05) is 5.73 Å². The van der Waals surface area contributed by atoms with E-state index in [2.05, 4.69) is 14.8 Å². The Kier molecular flexibility index (Phi) is 5.53. The average molecular weight is 390 g/mol. The molecule has 2 N–H and O–H groups in total. The minimum atomic E-state index is -4.71. The van der Waals surface area contributed by atoms with Crippen LogP contribution in [0.3, 0.4) is 0 Å². The van der Waals surface area contributed by atoms with Crippen molar-refractivity contribution in [2.24, 2.45) is 5.10 Å². The molecule has 0 aliphatic carbocycles. The highest BCUT2D eigenvalue weighted by Gasteiger charge is 2.30. The minimum absolute atomic E-state index is 0.268. The lowest BCUT2D eigenvalue weighted by atomic mass is 10.1. The van der Waals surface area contributed by atoms with Crippen molar-refractivity contribution in [3.8, 4) is 11.5 Å². The van der Waals surface area contributed by atoms with E-state index in [1.54, 1.807) is 12.4 Å². The summed E-state index contributed by atoms with van der Waals surface area (Å²) in [6, 6.07) is 12.7. The quantitative estimate of drug-likeness (QED) is 0.642. The van der Waals surface area contributed by atoms with Crippen LogP contribution < -0.4 is 15.2 Å². The van der Waals surface area contributed by atoms with Gasteiger partial charge in [0.05, 0.1) is 18.1 Å². The fourth-order valence-corrected chi connectivity index (χ4v) is 2.33. The van der Waals surface area contributed by atoms with Gasteiger partial charge < -0.3 is 15.2 Å². The third kappa shape index (κ3) is 5.50. The van der Waals surface area contributed by atoms with Gasteiger partial charge in [-0.15, -0.1) is 13.2 Å². The van der Waals surface area contributed by atoms with E-state index in [0.29, 0.717) is 11.7 Å². The molecular weight excluding hydrogens is 373 g/mol. The van der Waals surface area contributed by atoms with Crippen molar-refractivity contribution >= 4 is 12.2 Å². The van der Waals surface area contributed by atoms with Gasteiger partial charge in [-0.25, -0.2) is 9.66 Å². The van der Waals surface area contributed by atoms with Crippen LogP contribution in [-0.2, 0) is 6.61 Å². The van der Waals surface area contributed by atoms with E-state index in [9.17, 15) is 13.2 Å². The smallest absolute Gasteiger partial charge is 0.489 e. The first kappa shape index (κ1) is 19.3. The molecule has 0 saturated carbocycles. The van der Waals surface area contributed by atoms with Crippen LogP contribution in [-0.4, -0.2) is 22.2 Å². The lowest BCUT2D eigenvalue weighted by Gasteiger charge is -2.10. The number of nitrogens with two attached hydrogens (primary N) is 1. The van der Waals surface area contributed by atoms with Gasteiger partial charge in [0.1, 0.15) is 18.1 Å². The number of anilines is 1. The molecule has 146 valence electrons. The molecule has 1 aromatic heterocycles. The van der Waals surface area contributed by atoms with Crippen LogP contribution in [0.4, 0.5) is 19.1 Å². The number of ether oxygens (including phenoxy) is 2. The van der Waals surface area contributed by atoms with Crippen molar-refractivity contribution in [3.05, 3.63) is 71.5 Å². The number of aromatic nitrogens is 2. The lowest BCUT2D eigenvalue weighted by Crippen LogP contribution is -2.16. The number of halogens is 3. The van der Waals surface area contributed by atoms with E-state index in [1.165, 1.54) is 28.9 Å². The Morgan fingerprint density at radius 2 is 1.71 bits per heavy atom. The van der Waals surface area contributed by atoms with Crippen molar-refractivity contribution in [1.29, 1.82) is 0 Å². The molecule has 3 aromatic rings. The number of hydrogen-bond acceptors (Lipinski definition) is 5. The highest BCUT2D eigenvalue weighted by atomic mass is 19.4. The summed E-state index contributed by atoms with van der Waals surface area (Å²) in [5, 5.41) is 4.23. The first-order chi connectivity index (χ1) is 13.3. The van der Waals surface area contributed by atoms with Gasteiger partial charge in [-0.3, -0.25) is 0 Å². The highest BCUT2D eigenvalue weighted by molar-refractivity contribution is 5.79. The number of nitrogen functional groups attached to an aromatic ring is 1. The monoisotopic (exact) mass is 390 g/mol. The van der Waals surface area contributed by atoms with Gasteiger partial charge >= 0.3 is 6.36 Å². The summed E-state index contributed by atoms with van der Waals surface area (Å²) in [7, 11) is 0. The van der Waals surface area contributed by atoms with Crippen molar-refractivity contribution < 1.29 is 22.6 Å². The Morgan fingerprint density at radius 3 is 2.29 bits per heavy atom. The summed E-state index contributed by atoms with van der Waals surface area (Å²) in [4.78, 5) is 4.06. The maximum Gasteiger partial charge on any atom is 0.573 e. The Morgan fingerprint density at radius 1 is 1.07 bits per heavy atom. The summed E-state index contributed by atoms with van der Waals surface area (Å²) in [5.41, 5.74) is 8.26. The van der Waals surface area contributed by atoms with Gasteiger partial charge in [0, 0.05) is 0 Å². The molecule has 0 aliphatic heterocycles. The summed E-state index contributed by atoms with van der Waals surface area (Å²) in [5.74, 6) is 0.453. The molecule has 0 saturated heterocycles. The Balaban J connectivity index is 1.55. The van der Waals surface area contributed by atoms with Crippen molar-refractivity contribution in [1.82, 2.24) is 9.66 Å². The summed E-state index contributed by atoms with van der Waals surface area (Å²) < 4.78 is 47.3. The molecule has 6 nitrogen and oxygen atoms in total. The number of rotatable bonds is 6. The fraction of sp³-hybridized carbons (Fsp3) is 0.158. The molecule has 0 unspecified atom stereocenters. The first-order valence-corrected chi connectivity index (χ1v) is 8.22. The summed E-state index contributed by atoms with van der Waals surface area (Å²) >= 11 is 0. The number of hydrogen-bond donors (Lipinski definition) is 1. The van der Waals surface area contributed by atoms with Crippen LogP contribution in [0, 0.1) is 6.92 Å². The number of benzene rings is 2. The third-order valence-electron chi connectivity index (χ3n) is 3.61. The van der Waals surface area contributed by atoms with Crippen LogP contribution in [0.2, 0.25) is 0 Å². The largest absolute Gasteiger partial charge is 0.573 e. The number of nitrogens with zero attached hydrogens (tertiary/aromatic N) is 3. The van der Waals surface area contributed by atoms with Gasteiger partial charge in [-0.05, 0) is 42.3 Å². The van der Waals surface area contributed by atoms with Gasteiger partial charge in [-0.2, -0.15) is 5.10 Å². The second-order valence-electron chi connectivity index (χ2n) is 5.88. The number of alkyl halides is 3. The van der Waals surface area contributed by atoms with Gasteiger partial charge in [0.25, 0.3) is 0 Å². The predicted octanol–water partition coefficient (Wildman–Crippen LogP) is 4.13. The first-order valence-electron chi connectivity index (χ1n) is 8.22. The lowest BCUT2D eigenvalue weighted by molar-refractivity contribution is -0.274. The van der Waals surface area contributed by atoms with Crippen LogP contribution in [0.25, 0.3) is 0 Å². The predicted molar refractivity (Wildman–Crippen MR) is 98.3 cm³/mol. The van der Waals surface area contributed by atoms with Crippen LogP contribution >= 0.6 is 0 Å². The van der Waals surface area contributed by atoms with Crippen LogP contribution in [0.15, 0.2) is 59.8 Å². The molecule has 0 bridgehead atoms. The second kappa shape index (κ2) is 8.03. The highest BCUT2D eigenvalue weighted by Crippen LogP contribution is 2.25. The number of imidazole rings is 1. The molecule has 0 fully saturated rings. The zero-order valence-corrected chi connectivity index (χ0v) is 14.8. The number of aryl methyl sites for hydroxylation is 1. The van der Waals surface area contributed by atoms with E-state index in [1.807, 2.05) is 31.2 Å². The Bertz CT molecular complexity index is 949. The molecule has 1 heterocycles. The zero-order chi connectivity index (χ0) is 20.1. The molecule has 0 atom stereocenters. The van der Waals surface area contributed by atoms with Crippen molar-refractivity contribution in [3.63, 3.8) is 0 Å².